The van der Waals surface area contributed by atoms with E-state index in [-0.39, 0.29) is 11.8 Å². The second kappa shape index (κ2) is 7.87. The van der Waals surface area contributed by atoms with E-state index in [4.69, 9.17) is 9.47 Å². The molecule has 2 saturated heterocycles. The van der Waals surface area contributed by atoms with E-state index in [1.165, 1.54) is 6.42 Å². The summed E-state index contributed by atoms with van der Waals surface area (Å²) < 4.78 is 12.1. The highest BCUT2D eigenvalue weighted by atomic mass is 16.5. The van der Waals surface area contributed by atoms with Crippen LogP contribution in [0.4, 0.5) is 0 Å². The van der Waals surface area contributed by atoms with E-state index < -0.39 is 0 Å². The molecule has 2 atom stereocenters. The number of carbonyl (C=O) groups excluding carboxylic acids is 1. The Bertz CT molecular complexity index is 638. The van der Waals surface area contributed by atoms with E-state index in [0.29, 0.717) is 18.6 Å². The maximum Gasteiger partial charge on any atom is 0.227 e. The molecule has 2 heterocycles. The van der Waals surface area contributed by atoms with Crippen molar-refractivity contribution in [2.75, 3.05) is 32.8 Å². The van der Waals surface area contributed by atoms with Crippen molar-refractivity contribution in [2.45, 2.75) is 51.0 Å². The standard InChI is InChI=1S/C21H30N2O3/c1-2-25-20-16(7-6-8-19(20)26-15-9-10-15)17-13-22-14-18(17)21(24)23-11-4-3-5-12-23/h6-8,15,17-18,22H,2-5,9-14H2,1H3/t17-,18?/m0/s1. The average Bonchev–Trinajstić information content (AvgIpc) is 3.36. The van der Waals surface area contributed by atoms with Gasteiger partial charge in [0.1, 0.15) is 0 Å². The molecular weight excluding hydrogens is 328 g/mol. The summed E-state index contributed by atoms with van der Waals surface area (Å²) in [5, 5.41) is 3.44. The first-order chi connectivity index (χ1) is 12.8. The molecule has 0 bridgehead atoms. The summed E-state index contributed by atoms with van der Waals surface area (Å²) in [6, 6.07) is 6.14. The Morgan fingerprint density at radius 2 is 2.00 bits per heavy atom. The van der Waals surface area contributed by atoms with E-state index in [1.54, 1.807) is 0 Å². The fourth-order valence-electron chi connectivity index (χ4n) is 4.20. The Morgan fingerprint density at radius 3 is 2.73 bits per heavy atom. The average molecular weight is 358 g/mol. The van der Waals surface area contributed by atoms with Crippen LogP contribution in [0.1, 0.15) is 50.5 Å². The Labute approximate surface area is 156 Å². The highest BCUT2D eigenvalue weighted by molar-refractivity contribution is 5.81. The maximum atomic E-state index is 13.1. The van der Waals surface area contributed by atoms with Crippen LogP contribution < -0.4 is 14.8 Å². The zero-order chi connectivity index (χ0) is 17.9. The summed E-state index contributed by atoms with van der Waals surface area (Å²) in [4.78, 5) is 15.2. The van der Waals surface area contributed by atoms with Gasteiger partial charge in [-0.25, -0.2) is 0 Å². The third-order valence-electron chi connectivity index (χ3n) is 5.71. The number of nitrogens with zero attached hydrogens (tertiary/aromatic N) is 1. The number of hydrogen-bond acceptors (Lipinski definition) is 4. The molecule has 1 amide bonds. The van der Waals surface area contributed by atoms with Crippen molar-refractivity contribution in [3.8, 4) is 11.5 Å². The number of piperidine rings is 1. The molecule has 1 aromatic carbocycles. The first-order valence-electron chi connectivity index (χ1n) is 10.2. The van der Waals surface area contributed by atoms with Gasteiger partial charge in [-0.15, -0.1) is 0 Å². The van der Waals surface area contributed by atoms with Crippen LogP contribution >= 0.6 is 0 Å². The smallest absolute Gasteiger partial charge is 0.227 e. The highest BCUT2D eigenvalue weighted by Crippen LogP contribution is 2.42. The molecule has 2 aliphatic heterocycles. The number of carbonyl (C=O) groups is 1. The van der Waals surface area contributed by atoms with E-state index in [1.807, 2.05) is 19.1 Å². The minimum Gasteiger partial charge on any atom is -0.490 e. The van der Waals surface area contributed by atoms with Gasteiger partial charge >= 0.3 is 0 Å². The number of nitrogens with one attached hydrogen (secondary N) is 1. The largest absolute Gasteiger partial charge is 0.490 e. The molecule has 0 aromatic heterocycles. The Balaban J connectivity index is 1.59. The molecule has 1 saturated carbocycles. The lowest BCUT2D eigenvalue weighted by Gasteiger charge is -2.31. The van der Waals surface area contributed by atoms with Gasteiger partial charge in [-0.05, 0) is 45.1 Å². The molecule has 1 aromatic rings. The molecular formula is C21H30N2O3. The summed E-state index contributed by atoms with van der Waals surface area (Å²) in [6.45, 7) is 5.98. The van der Waals surface area contributed by atoms with Crippen LogP contribution in [0.25, 0.3) is 0 Å². The molecule has 0 spiro atoms. The first-order valence-corrected chi connectivity index (χ1v) is 10.2. The van der Waals surface area contributed by atoms with Crippen molar-refractivity contribution in [3.63, 3.8) is 0 Å². The van der Waals surface area contributed by atoms with Gasteiger partial charge in [0.05, 0.1) is 18.6 Å². The van der Waals surface area contributed by atoms with Crippen molar-refractivity contribution in [2.24, 2.45) is 5.92 Å². The van der Waals surface area contributed by atoms with Gasteiger partial charge in [0.2, 0.25) is 5.91 Å². The summed E-state index contributed by atoms with van der Waals surface area (Å²) in [7, 11) is 0. The zero-order valence-electron chi connectivity index (χ0n) is 15.7. The van der Waals surface area contributed by atoms with Gasteiger partial charge in [-0.1, -0.05) is 12.1 Å². The minimum atomic E-state index is -0.0107. The molecule has 5 nitrogen and oxygen atoms in total. The third-order valence-corrected chi connectivity index (χ3v) is 5.71. The van der Waals surface area contributed by atoms with Gasteiger partial charge in [-0.2, -0.15) is 0 Å². The second-order valence-electron chi connectivity index (χ2n) is 7.68. The quantitative estimate of drug-likeness (QED) is 0.849. The van der Waals surface area contributed by atoms with E-state index >= 15 is 0 Å². The molecule has 0 radical (unpaired) electrons. The molecule has 3 fully saturated rings. The van der Waals surface area contributed by atoms with E-state index in [2.05, 4.69) is 16.3 Å². The van der Waals surface area contributed by atoms with Crippen molar-refractivity contribution in [3.05, 3.63) is 23.8 Å². The van der Waals surface area contributed by atoms with Crippen LogP contribution in [-0.4, -0.2) is 49.7 Å². The lowest BCUT2D eigenvalue weighted by atomic mass is 9.86. The van der Waals surface area contributed by atoms with Gasteiger partial charge in [0.15, 0.2) is 11.5 Å². The molecule has 1 N–H and O–H groups in total. The molecule has 26 heavy (non-hydrogen) atoms. The fourth-order valence-corrected chi connectivity index (χ4v) is 4.20. The van der Waals surface area contributed by atoms with Crippen LogP contribution in [0.2, 0.25) is 0 Å². The van der Waals surface area contributed by atoms with Crippen LogP contribution in [-0.2, 0) is 4.79 Å². The van der Waals surface area contributed by atoms with Crippen LogP contribution in [0.15, 0.2) is 18.2 Å². The number of ether oxygens (including phenoxy) is 2. The first kappa shape index (κ1) is 17.7. The number of hydrogen-bond donors (Lipinski definition) is 1. The van der Waals surface area contributed by atoms with Crippen LogP contribution in [0, 0.1) is 5.92 Å². The second-order valence-corrected chi connectivity index (χ2v) is 7.68. The monoisotopic (exact) mass is 358 g/mol. The summed E-state index contributed by atoms with van der Waals surface area (Å²) in [5.41, 5.74) is 1.12. The van der Waals surface area contributed by atoms with Crippen LogP contribution in [0.3, 0.4) is 0 Å². The predicted octanol–water partition coefficient (Wildman–Crippen LogP) is 2.94. The molecule has 4 rings (SSSR count). The van der Waals surface area contributed by atoms with Crippen molar-refractivity contribution >= 4 is 5.91 Å². The third kappa shape index (κ3) is 3.68. The van der Waals surface area contributed by atoms with Gasteiger partial charge < -0.3 is 19.7 Å². The van der Waals surface area contributed by atoms with E-state index in [9.17, 15) is 4.79 Å². The normalized spacial score (nSPS) is 26.0. The Morgan fingerprint density at radius 1 is 1.19 bits per heavy atom. The number of para-hydroxylation sites is 1. The topological polar surface area (TPSA) is 50.8 Å². The van der Waals surface area contributed by atoms with Crippen molar-refractivity contribution in [1.82, 2.24) is 10.2 Å². The lowest BCUT2D eigenvalue weighted by molar-refractivity contribution is -0.136. The molecule has 3 aliphatic rings. The SMILES string of the molecule is CCOc1c(OC2CC2)cccc1[C@@H]1CNCC1C(=O)N1CCCCC1. The lowest BCUT2D eigenvalue weighted by Crippen LogP contribution is -2.41. The number of rotatable bonds is 6. The van der Waals surface area contributed by atoms with E-state index in [0.717, 1.165) is 68.9 Å². The maximum absolute atomic E-state index is 13.1. The highest BCUT2D eigenvalue weighted by Gasteiger charge is 2.39. The predicted molar refractivity (Wildman–Crippen MR) is 101 cm³/mol. The van der Waals surface area contributed by atoms with Crippen LogP contribution in [0.5, 0.6) is 11.5 Å². The summed E-state index contributed by atoms with van der Waals surface area (Å²) >= 11 is 0. The number of benzene rings is 1. The Kier molecular flexibility index (Phi) is 5.34. The molecule has 1 unspecified atom stereocenters. The van der Waals surface area contributed by atoms with Crippen molar-refractivity contribution < 1.29 is 14.3 Å². The Hall–Kier alpha value is -1.75. The van der Waals surface area contributed by atoms with Gasteiger partial charge in [0, 0.05) is 37.7 Å². The minimum absolute atomic E-state index is 0.0107. The number of amides is 1. The fraction of sp³-hybridized carbons (Fsp3) is 0.667. The molecule has 1 aliphatic carbocycles. The van der Waals surface area contributed by atoms with Gasteiger partial charge in [0.25, 0.3) is 0 Å². The summed E-state index contributed by atoms with van der Waals surface area (Å²) in [6.07, 6.45) is 6.08. The van der Waals surface area contributed by atoms with Gasteiger partial charge in [-0.3, -0.25) is 4.79 Å². The molecule has 5 heteroatoms. The number of likely N-dealkylation sites (tertiary alicyclic amines) is 1. The van der Waals surface area contributed by atoms with Crippen molar-refractivity contribution in [1.29, 1.82) is 0 Å². The summed E-state index contributed by atoms with van der Waals surface area (Å²) in [5.74, 6) is 2.11. The zero-order valence-corrected chi connectivity index (χ0v) is 15.7. The molecule has 142 valence electrons.